The molecular formula is C38H35FN6O5S. The van der Waals surface area contributed by atoms with E-state index in [4.69, 9.17) is 15.2 Å². The van der Waals surface area contributed by atoms with Crippen LogP contribution in [-0.2, 0) is 16.3 Å². The Kier molecular flexibility index (Phi) is 8.39. The van der Waals surface area contributed by atoms with Gasteiger partial charge in [0.1, 0.15) is 29.7 Å². The lowest BCUT2D eigenvalue weighted by molar-refractivity contribution is 0.0827. The van der Waals surface area contributed by atoms with Gasteiger partial charge in [0.15, 0.2) is 27.2 Å². The average molecular weight is 707 g/mol. The van der Waals surface area contributed by atoms with Crippen LogP contribution in [-0.4, -0.2) is 75.6 Å². The molecule has 0 saturated carbocycles. The molecule has 1 aliphatic carbocycles. The van der Waals surface area contributed by atoms with E-state index >= 15 is 0 Å². The lowest BCUT2D eigenvalue weighted by Gasteiger charge is -2.41. The van der Waals surface area contributed by atoms with Crippen LogP contribution in [0.5, 0.6) is 17.2 Å². The van der Waals surface area contributed by atoms with Gasteiger partial charge < -0.3 is 15.2 Å². The third-order valence-corrected chi connectivity index (χ3v) is 11.6. The van der Waals surface area contributed by atoms with Gasteiger partial charge in [0.25, 0.3) is 0 Å². The number of aryl methyl sites for hydroxylation is 1. The molecule has 0 spiro atoms. The first-order valence-corrected chi connectivity index (χ1v) is 18.6. The quantitative estimate of drug-likeness (QED) is 0.192. The molecule has 260 valence electrons. The number of nitrogen functional groups attached to an aromatic ring is 1. The summed E-state index contributed by atoms with van der Waals surface area (Å²) < 4.78 is 51.5. The number of halogens is 1. The minimum atomic E-state index is -2.88. The third kappa shape index (κ3) is 6.50. The first-order chi connectivity index (χ1) is 24.6. The van der Waals surface area contributed by atoms with Crippen molar-refractivity contribution in [1.82, 2.24) is 24.6 Å². The standard InChI is InChI=1S/C38H35FN6O5S/c1-23-12-28(6-7-34(23)50-35-5-3-2-4-33(35)39)45-38(40)32(19-43-45)37(46)26-13-24-15-31(27-17-41-22-42-18-27)36(16-25(24)14-26)49-30-8-10-44(11-9-30)29-20-51(47,48)21-29/h2-7,12,14-19,22,29-30H,8-11,13,20-21,40H2,1H3. The first kappa shape index (κ1) is 32.8. The predicted molar refractivity (Wildman–Crippen MR) is 190 cm³/mol. The van der Waals surface area contributed by atoms with Crippen molar-refractivity contribution in [2.45, 2.75) is 38.3 Å². The summed E-state index contributed by atoms with van der Waals surface area (Å²) in [5, 5.41) is 4.44. The Bertz CT molecular complexity index is 2290. The molecule has 0 radical (unpaired) electrons. The third-order valence-electron chi connectivity index (χ3n) is 9.81. The molecule has 2 N–H and O–H groups in total. The molecule has 2 aromatic heterocycles. The van der Waals surface area contributed by atoms with Crippen molar-refractivity contribution < 1.29 is 27.1 Å². The number of nitrogens with two attached hydrogens (primary N) is 1. The molecule has 0 atom stereocenters. The minimum Gasteiger partial charge on any atom is -0.490 e. The van der Waals surface area contributed by atoms with Crippen LogP contribution in [0.2, 0.25) is 0 Å². The first-order valence-electron chi connectivity index (χ1n) is 16.8. The number of ether oxygens (including phenoxy) is 2. The van der Waals surface area contributed by atoms with E-state index in [0.29, 0.717) is 29.2 Å². The lowest BCUT2D eigenvalue weighted by atomic mass is 9.99. The van der Waals surface area contributed by atoms with Gasteiger partial charge in [-0.15, -0.1) is 0 Å². The summed E-state index contributed by atoms with van der Waals surface area (Å²) in [6.07, 6.45) is 10.2. The molecule has 51 heavy (non-hydrogen) atoms. The van der Waals surface area contributed by atoms with Crippen LogP contribution in [0.1, 0.15) is 39.9 Å². The summed E-state index contributed by atoms with van der Waals surface area (Å²) in [6, 6.07) is 15.6. The number of anilines is 1. The van der Waals surface area contributed by atoms with Gasteiger partial charge in [-0.2, -0.15) is 5.10 Å². The van der Waals surface area contributed by atoms with Crippen LogP contribution in [0, 0.1) is 12.7 Å². The van der Waals surface area contributed by atoms with Gasteiger partial charge in [-0.3, -0.25) is 9.69 Å². The number of aromatic nitrogens is 4. The molecule has 3 aromatic carbocycles. The van der Waals surface area contributed by atoms with Crippen molar-refractivity contribution in [1.29, 1.82) is 0 Å². The molecule has 11 nitrogen and oxygen atoms in total. The number of hydrogen-bond acceptors (Lipinski definition) is 10. The molecule has 0 amide bonds. The topological polar surface area (TPSA) is 143 Å². The van der Waals surface area contributed by atoms with E-state index in [1.165, 1.54) is 23.3 Å². The van der Waals surface area contributed by atoms with E-state index in [0.717, 1.165) is 53.7 Å². The monoisotopic (exact) mass is 706 g/mol. The van der Waals surface area contributed by atoms with Crippen molar-refractivity contribution >= 4 is 27.5 Å². The molecule has 0 bridgehead atoms. The number of fused-ring (bicyclic) bond motifs is 1. The Labute approximate surface area is 294 Å². The van der Waals surface area contributed by atoms with Crippen LogP contribution >= 0.6 is 0 Å². The molecule has 5 aromatic rings. The Hall–Kier alpha value is -5.40. The summed E-state index contributed by atoms with van der Waals surface area (Å²) in [4.78, 5) is 24.6. The van der Waals surface area contributed by atoms with E-state index in [1.807, 2.05) is 31.2 Å². The Morgan fingerprint density at radius 2 is 1.73 bits per heavy atom. The number of ketones is 1. The molecule has 4 heterocycles. The molecule has 2 fully saturated rings. The number of hydrogen-bond donors (Lipinski definition) is 1. The van der Waals surface area contributed by atoms with Crippen LogP contribution in [0.15, 0.2) is 85.1 Å². The van der Waals surface area contributed by atoms with Gasteiger partial charge >= 0.3 is 0 Å². The van der Waals surface area contributed by atoms with Crippen molar-refractivity contribution in [2.24, 2.45) is 0 Å². The number of para-hydroxylation sites is 1. The van der Waals surface area contributed by atoms with E-state index in [9.17, 15) is 17.6 Å². The Morgan fingerprint density at radius 1 is 0.961 bits per heavy atom. The van der Waals surface area contributed by atoms with Gasteiger partial charge in [-0.25, -0.2) is 27.5 Å². The largest absolute Gasteiger partial charge is 0.490 e. The maximum atomic E-state index is 14.2. The van der Waals surface area contributed by atoms with Gasteiger partial charge in [0, 0.05) is 54.6 Å². The summed E-state index contributed by atoms with van der Waals surface area (Å²) >= 11 is 0. The Morgan fingerprint density at radius 3 is 2.45 bits per heavy atom. The number of nitrogens with zero attached hydrogens (tertiary/aromatic N) is 5. The number of rotatable bonds is 9. The smallest absolute Gasteiger partial charge is 0.194 e. The fourth-order valence-corrected chi connectivity index (χ4v) is 8.50. The van der Waals surface area contributed by atoms with E-state index in [2.05, 4.69) is 20.0 Å². The van der Waals surface area contributed by atoms with E-state index in [1.54, 1.807) is 42.7 Å². The van der Waals surface area contributed by atoms with Crippen molar-refractivity contribution in [3.63, 3.8) is 0 Å². The van der Waals surface area contributed by atoms with Crippen molar-refractivity contribution in [3.05, 3.63) is 113 Å². The Balaban J connectivity index is 1.01. The number of piperidine rings is 1. The maximum Gasteiger partial charge on any atom is 0.194 e. The highest BCUT2D eigenvalue weighted by Crippen LogP contribution is 2.39. The normalized spacial score (nSPS) is 17.4. The summed E-state index contributed by atoms with van der Waals surface area (Å²) in [5.74, 6) is 1.30. The van der Waals surface area contributed by atoms with E-state index in [-0.39, 0.29) is 46.6 Å². The van der Waals surface area contributed by atoms with Crippen LogP contribution in [0.25, 0.3) is 22.9 Å². The van der Waals surface area contributed by atoms with Gasteiger partial charge in [0.2, 0.25) is 0 Å². The molecule has 8 rings (SSSR count). The second-order valence-electron chi connectivity index (χ2n) is 13.3. The SMILES string of the molecule is Cc1cc(-n2ncc(C(=O)C3=Cc4cc(OC5CCN(C6CS(=O)(=O)C6)CC5)c(-c5cncnc5)cc4C3)c2N)ccc1Oc1ccccc1F. The molecule has 13 heteroatoms. The van der Waals surface area contributed by atoms with Crippen molar-refractivity contribution in [3.8, 4) is 34.1 Å². The number of sulfone groups is 1. The second kappa shape index (κ2) is 13.1. The molecule has 2 saturated heterocycles. The molecule has 0 unspecified atom stereocenters. The number of Topliss-reactive ketones (excluding diaryl/α,β-unsaturated/α-hetero) is 1. The average Bonchev–Trinajstić information content (AvgIpc) is 3.72. The number of benzene rings is 3. The number of likely N-dealkylation sites (tertiary alicyclic amines) is 1. The van der Waals surface area contributed by atoms with Crippen LogP contribution < -0.4 is 15.2 Å². The minimum absolute atomic E-state index is 0.0414. The maximum absolute atomic E-state index is 14.2. The summed E-state index contributed by atoms with van der Waals surface area (Å²) in [7, 11) is -2.88. The fraction of sp³-hybridized carbons (Fsp3) is 0.263. The zero-order valence-corrected chi connectivity index (χ0v) is 28.6. The molecular weight excluding hydrogens is 672 g/mol. The van der Waals surface area contributed by atoms with Gasteiger partial charge in [-0.05, 0) is 85.0 Å². The predicted octanol–water partition coefficient (Wildman–Crippen LogP) is 5.61. The number of allylic oxidation sites excluding steroid dienone is 1. The molecule has 3 aliphatic rings. The number of carbonyl (C=O) groups is 1. The highest BCUT2D eigenvalue weighted by molar-refractivity contribution is 7.92. The zero-order chi connectivity index (χ0) is 35.3. The molecule has 2 aliphatic heterocycles. The van der Waals surface area contributed by atoms with Gasteiger partial charge in [-0.1, -0.05) is 12.1 Å². The summed E-state index contributed by atoms with van der Waals surface area (Å²) in [5.41, 5.74) is 12.3. The van der Waals surface area contributed by atoms with Crippen LogP contribution in [0.3, 0.4) is 0 Å². The summed E-state index contributed by atoms with van der Waals surface area (Å²) in [6.45, 7) is 3.39. The van der Waals surface area contributed by atoms with Crippen molar-refractivity contribution in [2.75, 3.05) is 30.3 Å². The fourth-order valence-electron chi connectivity index (χ4n) is 7.00. The number of carbonyl (C=O) groups excluding carboxylic acids is 1. The zero-order valence-electron chi connectivity index (χ0n) is 27.8. The second-order valence-corrected chi connectivity index (χ2v) is 15.4. The lowest BCUT2D eigenvalue weighted by Crippen LogP contribution is -2.56. The van der Waals surface area contributed by atoms with Crippen LogP contribution in [0.4, 0.5) is 10.2 Å². The highest BCUT2D eigenvalue weighted by Gasteiger charge is 2.39. The van der Waals surface area contributed by atoms with Gasteiger partial charge in [0.05, 0.1) is 29.0 Å². The van der Waals surface area contributed by atoms with E-state index < -0.39 is 15.7 Å². The highest BCUT2D eigenvalue weighted by atomic mass is 32.2.